The Morgan fingerprint density at radius 2 is 1.85 bits per heavy atom. The molecular weight excluding hydrogens is 162 g/mol. The van der Waals surface area contributed by atoms with Crippen molar-refractivity contribution in [1.82, 2.24) is 15.0 Å². The molecule has 3 heteroatoms. The number of rotatable bonds is 0. The van der Waals surface area contributed by atoms with E-state index in [4.69, 9.17) is 0 Å². The van der Waals surface area contributed by atoms with Crippen molar-refractivity contribution in [1.29, 1.82) is 0 Å². The zero-order chi connectivity index (χ0) is 9.47. The van der Waals surface area contributed by atoms with E-state index in [0.29, 0.717) is 0 Å². The summed E-state index contributed by atoms with van der Waals surface area (Å²) in [7, 11) is 0. The number of benzene rings is 1. The van der Waals surface area contributed by atoms with Crippen LogP contribution in [-0.4, -0.2) is 15.0 Å². The van der Waals surface area contributed by atoms with Crippen molar-refractivity contribution in [3.8, 4) is 0 Å². The summed E-state index contributed by atoms with van der Waals surface area (Å²) in [5.41, 5.74) is 2.04. The van der Waals surface area contributed by atoms with Gasteiger partial charge in [-0.25, -0.2) is 4.68 Å². The third-order valence-corrected chi connectivity index (χ3v) is 1.99. The Hall–Kier alpha value is -1.38. The van der Waals surface area contributed by atoms with Crippen molar-refractivity contribution < 1.29 is 0 Å². The van der Waals surface area contributed by atoms with E-state index in [1.165, 1.54) is 0 Å². The van der Waals surface area contributed by atoms with Gasteiger partial charge in [0.1, 0.15) is 5.52 Å². The van der Waals surface area contributed by atoms with Gasteiger partial charge in [0.25, 0.3) is 0 Å². The maximum absolute atomic E-state index is 4.13. The van der Waals surface area contributed by atoms with Gasteiger partial charge >= 0.3 is 0 Å². The lowest BCUT2D eigenvalue weighted by Gasteiger charge is -2.18. The van der Waals surface area contributed by atoms with Gasteiger partial charge in [0, 0.05) is 0 Å². The van der Waals surface area contributed by atoms with E-state index < -0.39 is 0 Å². The lowest BCUT2D eigenvalue weighted by molar-refractivity contribution is 0.358. The summed E-state index contributed by atoms with van der Waals surface area (Å²) in [5.74, 6) is 0. The molecule has 0 spiro atoms. The molecule has 1 heterocycles. The van der Waals surface area contributed by atoms with E-state index in [9.17, 15) is 0 Å². The number of para-hydroxylation sites is 1. The largest absolute Gasteiger partial charge is 0.239 e. The molecule has 0 aliphatic carbocycles. The van der Waals surface area contributed by atoms with Crippen LogP contribution in [0, 0.1) is 0 Å². The molecule has 13 heavy (non-hydrogen) atoms. The molecule has 0 aliphatic heterocycles. The fraction of sp³-hybridized carbons (Fsp3) is 0.400. The molecule has 68 valence electrons. The average molecular weight is 175 g/mol. The van der Waals surface area contributed by atoms with E-state index in [1.54, 1.807) is 0 Å². The van der Waals surface area contributed by atoms with Crippen LogP contribution in [-0.2, 0) is 5.54 Å². The highest BCUT2D eigenvalue weighted by Gasteiger charge is 2.16. The molecule has 0 unspecified atom stereocenters. The lowest BCUT2D eigenvalue weighted by Crippen LogP contribution is -2.22. The molecule has 1 aromatic carbocycles. The first kappa shape index (κ1) is 8.23. The minimum absolute atomic E-state index is 0.00387. The highest BCUT2D eigenvalue weighted by atomic mass is 15.4. The van der Waals surface area contributed by atoms with Crippen molar-refractivity contribution >= 4 is 11.0 Å². The van der Waals surface area contributed by atoms with E-state index in [0.717, 1.165) is 11.0 Å². The molecule has 0 fully saturated rings. The van der Waals surface area contributed by atoms with Gasteiger partial charge in [-0.3, -0.25) is 0 Å². The predicted octanol–water partition coefficient (Wildman–Crippen LogP) is 2.19. The van der Waals surface area contributed by atoms with Crippen molar-refractivity contribution in [2.45, 2.75) is 26.3 Å². The molecule has 0 bridgehead atoms. The second kappa shape index (κ2) is 2.55. The number of fused-ring (bicyclic) bond motifs is 1. The first-order valence-corrected chi connectivity index (χ1v) is 4.40. The molecule has 1 aromatic heterocycles. The maximum Gasteiger partial charge on any atom is 0.113 e. The zero-order valence-electron chi connectivity index (χ0n) is 8.15. The SMILES string of the molecule is CC(C)(C)n1nnc2ccccc21. The van der Waals surface area contributed by atoms with Gasteiger partial charge in [-0.1, -0.05) is 17.3 Å². The average Bonchev–Trinajstić information content (AvgIpc) is 2.45. The van der Waals surface area contributed by atoms with Gasteiger partial charge < -0.3 is 0 Å². The molecular formula is C10H13N3. The molecule has 0 atom stereocenters. The first-order chi connectivity index (χ1) is 6.09. The summed E-state index contributed by atoms with van der Waals surface area (Å²) >= 11 is 0. The van der Waals surface area contributed by atoms with E-state index in [-0.39, 0.29) is 5.54 Å². The van der Waals surface area contributed by atoms with Crippen LogP contribution in [0.2, 0.25) is 0 Å². The van der Waals surface area contributed by atoms with Crippen molar-refractivity contribution in [2.75, 3.05) is 0 Å². The molecule has 2 aromatic rings. The predicted molar refractivity (Wildman–Crippen MR) is 52.5 cm³/mol. The summed E-state index contributed by atoms with van der Waals surface area (Å²) in [4.78, 5) is 0. The molecule has 0 aliphatic rings. The lowest BCUT2D eigenvalue weighted by atomic mass is 10.1. The Morgan fingerprint density at radius 1 is 1.15 bits per heavy atom. The second-order valence-corrected chi connectivity index (χ2v) is 4.16. The number of nitrogens with zero attached hydrogens (tertiary/aromatic N) is 3. The van der Waals surface area contributed by atoms with Crippen LogP contribution in [0.15, 0.2) is 24.3 Å². The molecule has 0 saturated heterocycles. The van der Waals surface area contributed by atoms with E-state index >= 15 is 0 Å². The van der Waals surface area contributed by atoms with Crippen LogP contribution in [0.25, 0.3) is 11.0 Å². The summed E-state index contributed by atoms with van der Waals surface area (Å²) in [6, 6.07) is 8.00. The molecule has 3 nitrogen and oxygen atoms in total. The summed E-state index contributed by atoms with van der Waals surface area (Å²) < 4.78 is 1.95. The molecule has 0 saturated carbocycles. The molecule has 2 rings (SSSR count). The number of aromatic nitrogens is 3. The molecule has 0 N–H and O–H groups in total. The highest BCUT2D eigenvalue weighted by Crippen LogP contribution is 2.18. The number of hydrogen-bond acceptors (Lipinski definition) is 2. The fourth-order valence-corrected chi connectivity index (χ4v) is 1.36. The normalized spacial score (nSPS) is 12.2. The Balaban J connectivity index is 2.72. The standard InChI is InChI=1S/C10H13N3/c1-10(2,3)13-9-7-5-4-6-8(9)11-12-13/h4-7H,1-3H3. The van der Waals surface area contributed by atoms with Crippen LogP contribution < -0.4 is 0 Å². The van der Waals surface area contributed by atoms with E-state index in [2.05, 4.69) is 31.1 Å². The Kier molecular flexibility index (Phi) is 1.62. The minimum atomic E-state index is -0.00387. The van der Waals surface area contributed by atoms with Gasteiger partial charge in [0.15, 0.2) is 0 Å². The third kappa shape index (κ3) is 1.30. The minimum Gasteiger partial charge on any atom is -0.239 e. The van der Waals surface area contributed by atoms with Crippen molar-refractivity contribution in [3.05, 3.63) is 24.3 Å². The second-order valence-electron chi connectivity index (χ2n) is 4.16. The molecule has 0 amide bonds. The topological polar surface area (TPSA) is 30.7 Å². The van der Waals surface area contributed by atoms with Gasteiger partial charge in [0.2, 0.25) is 0 Å². The van der Waals surface area contributed by atoms with Gasteiger partial charge in [0.05, 0.1) is 11.1 Å². The third-order valence-electron chi connectivity index (χ3n) is 1.99. The van der Waals surface area contributed by atoms with Crippen molar-refractivity contribution in [2.24, 2.45) is 0 Å². The first-order valence-electron chi connectivity index (χ1n) is 4.40. The molecule has 0 radical (unpaired) electrons. The van der Waals surface area contributed by atoms with Crippen molar-refractivity contribution in [3.63, 3.8) is 0 Å². The van der Waals surface area contributed by atoms with Crippen LogP contribution in [0.3, 0.4) is 0 Å². The van der Waals surface area contributed by atoms with Crippen LogP contribution >= 0.6 is 0 Å². The quantitative estimate of drug-likeness (QED) is 0.614. The fourth-order valence-electron chi connectivity index (χ4n) is 1.36. The van der Waals surface area contributed by atoms with Crippen LogP contribution in [0.5, 0.6) is 0 Å². The summed E-state index contributed by atoms with van der Waals surface area (Å²) in [6.07, 6.45) is 0. The number of hydrogen-bond donors (Lipinski definition) is 0. The monoisotopic (exact) mass is 175 g/mol. The van der Waals surface area contributed by atoms with E-state index in [1.807, 2.05) is 28.9 Å². The zero-order valence-corrected chi connectivity index (χ0v) is 8.15. The Morgan fingerprint density at radius 3 is 2.54 bits per heavy atom. The Bertz CT molecular complexity index is 423. The Labute approximate surface area is 77.4 Å². The maximum atomic E-state index is 4.13. The van der Waals surface area contributed by atoms with Gasteiger partial charge in [-0.15, -0.1) is 5.10 Å². The van der Waals surface area contributed by atoms with Gasteiger partial charge in [-0.05, 0) is 32.9 Å². The highest BCUT2D eigenvalue weighted by molar-refractivity contribution is 5.74. The van der Waals surface area contributed by atoms with Crippen LogP contribution in [0.1, 0.15) is 20.8 Å². The summed E-state index contributed by atoms with van der Waals surface area (Å²) in [5, 5.41) is 8.23. The smallest absolute Gasteiger partial charge is 0.113 e. The van der Waals surface area contributed by atoms with Gasteiger partial charge in [-0.2, -0.15) is 0 Å². The van der Waals surface area contributed by atoms with Crippen LogP contribution in [0.4, 0.5) is 0 Å². The summed E-state index contributed by atoms with van der Waals surface area (Å²) in [6.45, 7) is 6.36.